The second-order valence-corrected chi connectivity index (χ2v) is 5.15. The summed E-state index contributed by atoms with van der Waals surface area (Å²) >= 11 is 0. The van der Waals surface area contributed by atoms with E-state index in [9.17, 15) is 0 Å². The molecule has 2 heterocycles. The summed E-state index contributed by atoms with van der Waals surface area (Å²) < 4.78 is 23.6. The van der Waals surface area contributed by atoms with Gasteiger partial charge in [0.15, 0.2) is 29.1 Å². The number of para-hydroxylation sites is 4. The van der Waals surface area contributed by atoms with Gasteiger partial charge >= 0.3 is 0 Å². The van der Waals surface area contributed by atoms with Crippen molar-refractivity contribution < 1.29 is 18.9 Å². The third-order valence-corrected chi connectivity index (χ3v) is 3.73. The van der Waals surface area contributed by atoms with Crippen LogP contribution in [0, 0.1) is 0 Å². The molecule has 0 spiro atoms. The van der Waals surface area contributed by atoms with Gasteiger partial charge in [0.05, 0.1) is 6.61 Å². The molecule has 2 aromatic carbocycles. The van der Waals surface area contributed by atoms with E-state index in [1.807, 2.05) is 48.5 Å². The standard InChI is InChI=1S/C17H16O4/c1-3-7-14-12(5-1)18-10-9-16(20-14)17-11-19-13-6-2-4-8-15(13)21-17/h1-8,16-17H,9-11H2. The van der Waals surface area contributed by atoms with E-state index < -0.39 is 0 Å². The highest BCUT2D eigenvalue weighted by molar-refractivity contribution is 5.42. The van der Waals surface area contributed by atoms with Crippen LogP contribution in [0.2, 0.25) is 0 Å². The first-order valence-electron chi connectivity index (χ1n) is 7.17. The molecule has 0 bridgehead atoms. The normalized spacial score (nSPS) is 23.2. The van der Waals surface area contributed by atoms with E-state index in [1.54, 1.807) is 0 Å². The summed E-state index contributed by atoms with van der Waals surface area (Å²) in [7, 11) is 0. The molecule has 4 heteroatoms. The van der Waals surface area contributed by atoms with E-state index in [0.29, 0.717) is 13.2 Å². The van der Waals surface area contributed by atoms with Gasteiger partial charge in [-0.25, -0.2) is 0 Å². The van der Waals surface area contributed by atoms with Crippen molar-refractivity contribution in [3.8, 4) is 23.0 Å². The Morgan fingerprint density at radius 1 is 0.667 bits per heavy atom. The molecule has 0 N–H and O–H groups in total. The Kier molecular flexibility index (Phi) is 3.07. The first-order valence-corrected chi connectivity index (χ1v) is 7.17. The van der Waals surface area contributed by atoms with Crippen LogP contribution in [0.25, 0.3) is 0 Å². The summed E-state index contributed by atoms with van der Waals surface area (Å²) in [6, 6.07) is 15.4. The summed E-state index contributed by atoms with van der Waals surface area (Å²) in [5.74, 6) is 3.12. The van der Waals surface area contributed by atoms with E-state index in [0.717, 1.165) is 29.4 Å². The van der Waals surface area contributed by atoms with Crippen molar-refractivity contribution in [3.63, 3.8) is 0 Å². The molecule has 4 nitrogen and oxygen atoms in total. The minimum atomic E-state index is -0.130. The number of fused-ring (bicyclic) bond motifs is 2. The van der Waals surface area contributed by atoms with Gasteiger partial charge in [0.25, 0.3) is 0 Å². The average molecular weight is 284 g/mol. The fourth-order valence-electron chi connectivity index (χ4n) is 2.65. The minimum Gasteiger partial charge on any atom is -0.490 e. The third-order valence-electron chi connectivity index (χ3n) is 3.73. The molecule has 2 aliphatic rings. The number of benzene rings is 2. The van der Waals surface area contributed by atoms with Crippen LogP contribution in [0.4, 0.5) is 0 Å². The fourth-order valence-corrected chi connectivity index (χ4v) is 2.65. The Morgan fingerprint density at radius 3 is 1.95 bits per heavy atom. The molecule has 0 radical (unpaired) electrons. The van der Waals surface area contributed by atoms with Crippen LogP contribution < -0.4 is 18.9 Å². The molecule has 2 unspecified atom stereocenters. The van der Waals surface area contributed by atoms with Crippen molar-refractivity contribution in [2.45, 2.75) is 18.6 Å². The molecule has 0 aliphatic carbocycles. The summed E-state index contributed by atoms with van der Waals surface area (Å²) in [5.41, 5.74) is 0. The topological polar surface area (TPSA) is 36.9 Å². The summed E-state index contributed by atoms with van der Waals surface area (Å²) in [6.07, 6.45) is 0.557. The first-order chi connectivity index (χ1) is 10.4. The molecule has 0 aromatic heterocycles. The molecule has 0 fully saturated rings. The molecule has 21 heavy (non-hydrogen) atoms. The van der Waals surface area contributed by atoms with Crippen molar-refractivity contribution in [3.05, 3.63) is 48.5 Å². The number of hydrogen-bond donors (Lipinski definition) is 0. The Labute approximate surface area is 123 Å². The van der Waals surface area contributed by atoms with Crippen molar-refractivity contribution in [1.29, 1.82) is 0 Å². The van der Waals surface area contributed by atoms with Crippen molar-refractivity contribution in [2.75, 3.05) is 13.2 Å². The molecule has 0 saturated heterocycles. The van der Waals surface area contributed by atoms with Crippen molar-refractivity contribution >= 4 is 0 Å². The van der Waals surface area contributed by atoms with Gasteiger partial charge in [0.2, 0.25) is 0 Å². The third kappa shape index (κ3) is 2.37. The quantitative estimate of drug-likeness (QED) is 0.806. The minimum absolute atomic E-state index is 0.0815. The summed E-state index contributed by atoms with van der Waals surface area (Å²) in [4.78, 5) is 0. The molecule has 2 aliphatic heterocycles. The Bertz CT molecular complexity index is 640. The SMILES string of the molecule is c1ccc2c(c1)OCCC(C1COc3ccccc3O1)O2. The number of hydrogen-bond acceptors (Lipinski definition) is 4. The lowest BCUT2D eigenvalue weighted by atomic mass is 10.1. The van der Waals surface area contributed by atoms with Crippen LogP contribution in [0.3, 0.4) is 0 Å². The molecule has 2 atom stereocenters. The molecule has 0 amide bonds. The summed E-state index contributed by atoms with van der Waals surface area (Å²) in [5, 5.41) is 0. The molecule has 2 aromatic rings. The van der Waals surface area contributed by atoms with Gasteiger partial charge in [-0.2, -0.15) is 0 Å². The number of rotatable bonds is 1. The number of ether oxygens (including phenoxy) is 4. The van der Waals surface area contributed by atoms with E-state index in [4.69, 9.17) is 18.9 Å². The lowest BCUT2D eigenvalue weighted by Gasteiger charge is -2.31. The average Bonchev–Trinajstić information content (AvgIpc) is 2.76. The van der Waals surface area contributed by atoms with Gasteiger partial charge < -0.3 is 18.9 Å². The van der Waals surface area contributed by atoms with E-state index in [1.165, 1.54) is 0 Å². The zero-order valence-electron chi connectivity index (χ0n) is 11.5. The zero-order chi connectivity index (χ0) is 14.1. The van der Waals surface area contributed by atoms with Crippen LogP contribution in [-0.4, -0.2) is 25.4 Å². The molecular formula is C17H16O4. The molecule has 108 valence electrons. The second-order valence-electron chi connectivity index (χ2n) is 5.15. The van der Waals surface area contributed by atoms with E-state index in [2.05, 4.69) is 0 Å². The van der Waals surface area contributed by atoms with Crippen LogP contribution in [-0.2, 0) is 0 Å². The largest absolute Gasteiger partial charge is 0.490 e. The highest BCUT2D eigenvalue weighted by Crippen LogP contribution is 2.35. The van der Waals surface area contributed by atoms with Gasteiger partial charge in [-0.1, -0.05) is 24.3 Å². The maximum Gasteiger partial charge on any atom is 0.169 e. The zero-order valence-corrected chi connectivity index (χ0v) is 11.5. The van der Waals surface area contributed by atoms with Crippen LogP contribution in [0.1, 0.15) is 6.42 Å². The molecular weight excluding hydrogens is 268 g/mol. The van der Waals surface area contributed by atoms with Crippen LogP contribution >= 0.6 is 0 Å². The Hall–Kier alpha value is -2.36. The lowest BCUT2D eigenvalue weighted by molar-refractivity contribution is 0.0000681. The van der Waals surface area contributed by atoms with Gasteiger partial charge in [-0.05, 0) is 24.3 Å². The highest BCUT2D eigenvalue weighted by atomic mass is 16.6. The van der Waals surface area contributed by atoms with Gasteiger partial charge in [0, 0.05) is 6.42 Å². The van der Waals surface area contributed by atoms with Crippen molar-refractivity contribution in [2.24, 2.45) is 0 Å². The lowest BCUT2D eigenvalue weighted by Crippen LogP contribution is -2.43. The van der Waals surface area contributed by atoms with E-state index in [-0.39, 0.29) is 12.2 Å². The predicted molar refractivity (Wildman–Crippen MR) is 77.3 cm³/mol. The smallest absolute Gasteiger partial charge is 0.169 e. The second kappa shape index (κ2) is 5.20. The fraction of sp³-hybridized carbons (Fsp3) is 0.294. The monoisotopic (exact) mass is 284 g/mol. The summed E-state index contributed by atoms with van der Waals surface area (Å²) in [6.45, 7) is 1.10. The highest BCUT2D eigenvalue weighted by Gasteiger charge is 2.32. The molecule has 0 saturated carbocycles. The van der Waals surface area contributed by atoms with Crippen LogP contribution in [0.5, 0.6) is 23.0 Å². The maximum absolute atomic E-state index is 6.08. The molecule has 4 rings (SSSR count). The predicted octanol–water partition coefficient (Wildman–Crippen LogP) is 3.06. The van der Waals surface area contributed by atoms with Gasteiger partial charge in [-0.3, -0.25) is 0 Å². The first kappa shape index (κ1) is 12.4. The maximum atomic E-state index is 6.08. The Balaban J connectivity index is 1.55. The van der Waals surface area contributed by atoms with Gasteiger partial charge in [0.1, 0.15) is 12.7 Å². The Morgan fingerprint density at radius 2 is 1.24 bits per heavy atom. The van der Waals surface area contributed by atoms with Crippen LogP contribution in [0.15, 0.2) is 48.5 Å². The van der Waals surface area contributed by atoms with Gasteiger partial charge in [-0.15, -0.1) is 0 Å². The van der Waals surface area contributed by atoms with Crippen molar-refractivity contribution in [1.82, 2.24) is 0 Å². The van der Waals surface area contributed by atoms with E-state index >= 15 is 0 Å².